The van der Waals surface area contributed by atoms with Gasteiger partial charge in [0.05, 0.1) is 15.9 Å². The second-order valence-electron chi connectivity index (χ2n) is 31.6. The Morgan fingerprint density at radius 2 is 0.672 bits per heavy atom. The molecule has 1 heterocycles. The van der Waals surface area contributed by atoms with Crippen molar-refractivity contribution in [3.63, 3.8) is 0 Å². The third-order valence-corrected chi connectivity index (χ3v) is 23.0. The van der Waals surface area contributed by atoms with Gasteiger partial charge in [-0.15, -0.1) is 0 Å². The van der Waals surface area contributed by atoms with Gasteiger partial charge in [0.15, 0.2) is 9.84 Å². The van der Waals surface area contributed by atoms with E-state index in [1.807, 2.05) is 43.6 Å². The average molecular weight is 1640 g/mol. The van der Waals surface area contributed by atoms with Crippen LogP contribution in [0.2, 0.25) is 0 Å². The van der Waals surface area contributed by atoms with Crippen molar-refractivity contribution in [3.8, 4) is 17.2 Å². The monoisotopic (exact) mass is 1640 g/mol. The maximum atomic E-state index is 11.2. The first-order valence-electron chi connectivity index (χ1n) is 42.2. The van der Waals surface area contributed by atoms with Crippen LogP contribution < -0.4 is 5.73 Å². The molecule has 0 fully saturated rings. The van der Waals surface area contributed by atoms with E-state index in [4.69, 9.17) is 25.8 Å². The lowest BCUT2D eigenvalue weighted by atomic mass is 9.99. The molecule has 9 rings (SSSR count). The Hall–Kier alpha value is -8.00. The summed E-state index contributed by atoms with van der Waals surface area (Å²) in [5.74, 6) is 0.350. The van der Waals surface area contributed by atoms with Crippen molar-refractivity contribution in [2.75, 3.05) is 25.2 Å². The van der Waals surface area contributed by atoms with Crippen LogP contribution in [0.25, 0.3) is 11.1 Å². The highest BCUT2D eigenvalue weighted by Crippen LogP contribution is 2.25. The summed E-state index contributed by atoms with van der Waals surface area (Å²) in [7, 11) is -7.11. The first-order chi connectivity index (χ1) is 55.1. The number of hydrogen-bond donors (Lipinski definition) is 5. The zero-order valence-corrected chi connectivity index (χ0v) is 76.5. The van der Waals surface area contributed by atoms with Crippen molar-refractivity contribution < 1.29 is 36.4 Å². The number of pyridine rings is 1. The number of thiol groups is 1. The number of nitrogens with zero attached hydrogens (tertiary/aromatic N) is 2. The largest absolute Gasteiger partial charge is 0.481 e. The quantitative estimate of drug-likeness (QED) is 0.0146. The molecule has 0 amide bonds. The fourth-order valence-electron chi connectivity index (χ4n) is 13.2. The van der Waals surface area contributed by atoms with E-state index in [0.29, 0.717) is 29.9 Å². The van der Waals surface area contributed by atoms with Gasteiger partial charge in [0.2, 0.25) is 0 Å². The molecule has 116 heavy (non-hydrogen) atoms. The van der Waals surface area contributed by atoms with Crippen LogP contribution in [-0.4, -0.2) is 67.7 Å². The van der Waals surface area contributed by atoms with E-state index in [-0.39, 0.29) is 4.90 Å². The minimum absolute atomic E-state index is 0.0116. The Morgan fingerprint density at radius 3 is 0.983 bits per heavy atom. The number of hydrogen-bond acceptors (Lipinski definition) is 10. The lowest BCUT2D eigenvalue weighted by Gasteiger charge is -2.06. The highest BCUT2D eigenvalue weighted by Gasteiger charge is 2.13. The van der Waals surface area contributed by atoms with Gasteiger partial charge in [0, 0.05) is 38.1 Å². The molecule has 8 aromatic carbocycles. The van der Waals surface area contributed by atoms with Gasteiger partial charge in [-0.3, -0.25) is 14.3 Å². The predicted octanol–water partition coefficient (Wildman–Crippen LogP) is 25.9. The van der Waals surface area contributed by atoms with Crippen molar-refractivity contribution in [1.29, 1.82) is 5.26 Å². The molecule has 5 N–H and O–H groups in total. The van der Waals surface area contributed by atoms with Gasteiger partial charge in [-0.2, -0.15) is 26.3 Å². The standard InChI is InChI=1S/C15H21N.C15H22O2.C14H23N.C14H22O.C14H22S.C13H13N.C9H12O2S.C8H10O3S/c1-13-9-10-14(2)15(12-13)8-6-4-3-5-7-11-16;1-12-9-10-13(2)14(11-12)7-5-3-4-6-8-15(16)17;3*1-12-8-9-13(2)14(11-12)7-5-3-4-6-10-15;1-10-3-4-11(2)13(9-10)12-5-7-14-8-6-12;1-7-4-5-8(2)9(6-7)12(3,10)11;1-6-3-4-7(2)8(5-6)12(9,10)11/h9-10,12H,3-8H2,1-2H3;9-11H,3-8H2,1-2H3,(H,16,17);8-9,11H,3-7,10,15H2,1-2H3;2*8-9,11,15H,3-7,10H2,1-2H3;3-9H,1-2H3;4-6H,1-3H3;3-5H,1-2H3,(H,9,10,11). The molecule has 0 atom stereocenters. The van der Waals surface area contributed by atoms with Crippen LogP contribution in [0.15, 0.2) is 180 Å². The molecule has 14 heteroatoms. The minimum Gasteiger partial charge on any atom is -0.481 e. The number of aliphatic hydroxyl groups is 1. The fourth-order valence-corrected chi connectivity index (χ4v) is 15.3. The molecule has 11 nitrogen and oxygen atoms in total. The first kappa shape index (κ1) is 104. The summed E-state index contributed by atoms with van der Waals surface area (Å²) in [5.41, 5.74) is 35.0. The number of aliphatic carboxylic acids is 1. The predicted molar refractivity (Wildman–Crippen MR) is 497 cm³/mol. The molecule has 0 saturated carbocycles. The lowest BCUT2D eigenvalue weighted by Crippen LogP contribution is -2.00. The molecule has 1 aromatic heterocycles. The highest BCUT2D eigenvalue weighted by atomic mass is 32.2. The topological polar surface area (TPSA) is 209 Å². The van der Waals surface area contributed by atoms with Gasteiger partial charge in [0.1, 0.15) is 0 Å². The molecule has 0 saturated heterocycles. The molecule has 0 unspecified atom stereocenters. The third-order valence-electron chi connectivity index (χ3n) is 20.5. The Balaban J connectivity index is 0.000000450. The van der Waals surface area contributed by atoms with Gasteiger partial charge in [0.25, 0.3) is 10.1 Å². The van der Waals surface area contributed by atoms with Crippen LogP contribution in [0.5, 0.6) is 0 Å². The second-order valence-corrected chi connectivity index (χ2v) is 35.4. The Kier molecular flexibility index (Phi) is 53.5. The number of unbranched alkanes of at least 4 members (excludes halogenated alkanes) is 16. The normalized spacial score (nSPS) is 10.7. The van der Waals surface area contributed by atoms with Crippen LogP contribution in [0, 0.1) is 122 Å². The number of carboxylic acid groups (broad SMARTS) is 1. The Labute approximate surface area is 709 Å². The maximum Gasteiger partial charge on any atom is 0.303 e. The Bertz CT molecular complexity index is 4340. The van der Waals surface area contributed by atoms with E-state index >= 15 is 0 Å². The number of nitriles is 1. The molecule has 9 aromatic rings. The van der Waals surface area contributed by atoms with Crippen LogP contribution in [-0.2, 0) is 56.9 Å². The molecule has 0 aliphatic rings. The number of aryl methyl sites for hydroxylation is 21. The maximum absolute atomic E-state index is 11.2. The SMILES string of the molecule is Cc1ccc(C)c(-c2ccncc2)c1.Cc1ccc(C)c(CCCCCCC#N)c1.Cc1ccc(C)c(CCCCCCC(=O)O)c1.Cc1ccc(C)c(CCCCCCN)c1.Cc1ccc(C)c(CCCCCCO)c1.Cc1ccc(C)c(CCCCCCS)c1.Cc1ccc(C)c(S(=O)(=O)O)c1.Cc1ccc(C)c(S(C)(=O)=O)c1. The van der Waals surface area contributed by atoms with E-state index in [0.717, 1.165) is 80.4 Å². The lowest BCUT2D eigenvalue weighted by molar-refractivity contribution is -0.137. The van der Waals surface area contributed by atoms with Crippen molar-refractivity contribution in [2.45, 2.75) is 294 Å². The summed E-state index contributed by atoms with van der Waals surface area (Å²) in [4.78, 5) is 14.8. The molecule has 634 valence electrons. The van der Waals surface area contributed by atoms with Gasteiger partial charge < -0.3 is 15.9 Å². The number of sulfone groups is 1. The molecular formula is C102H145N3O8S3. The molecule has 0 aliphatic heterocycles. The summed E-state index contributed by atoms with van der Waals surface area (Å²) >= 11 is 4.22. The Morgan fingerprint density at radius 1 is 0.379 bits per heavy atom. The summed E-state index contributed by atoms with van der Waals surface area (Å²) in [6.45, 7) is 34.2. The van der Waals surface area contributed by atoms with Crippen molar-refractivity contribution in [1.82, 2.24) is 4.98 Å². The summed E-state index contributed by atoms with van der Waals surface area (Å²) < 4.78 is 52.7. The van der Waals surface area contributed by atoms with Crippen molar-refractivity contribution in [3.05, 3.63) is 287 Å². The van der Waals surface area contributed by atoms with Crippen LogP contribution in [0.3, 0.4) is 0 Å². The first-order valence-corrected chi connectivity index (χ1v) is 46.2. The number of aliphatic hydroxyl groups excluding tert-OH is 1. The van der Waals surface area contributed by atoms with E-state index in [1.165, 1.54) is 227 Å². The van der Waals surface area contributed by atoms with Gasteiger partial charge in [-0.1, -0.05) is 231 Å². The van der Waals surface area contributed by atoms with Gasteiger partial charge in [-0.05, 0) is 338 Å². The van der Waals surface area contributed by atoms with E-state index in [9.17, 15) is 21.6 Å². The molecule has 0 bridgehead atoms. The van der Waals surface area contributed by atoms with Crippen LogP contribution in [0.4, 0.5) is 0 Å². The van der Waals surface area contributed by atoms with Crippen molar-refractivity contribution in [2.24, 2.45) is 5.73 Å². The number of aromatic nitrogens is 1. The zero-order chi connectivity index (χ0) is 86.4. The van der Waals surface area contributed by atoms with Crippen LogP contribution in [0.1, 0.15) is 258 Å². The van der Waals surface area contributed by atoms with Crippen molar-refractivity contribution >= 4 is 38.6 Å². The number of nitrogens with two attached hydrogens (primary N) is 1. The number of carboxylic acids is 1. The number of benzene rings is 8. The molecule has 0 spiro atoms. The number of carbonyl (C=O) groups is 1. The summed E-state index contributed by atoms with van der Waals surface area (Å²) in [6, 6.07) is 56.5. The van der Waals surface area contributed by atoms with E-state index in [1.54, 1.807) is 39.0 Å². The molecule has 0 aliphatic carbocycles. The molecule has 0 radical (unpaired) electrons. The summed E-state index contributed by atoms with van der Waals surface area (Å²) in [6.07, 6.45) is 35.6. The third kappa shape index (κ3) is 46.8. The van der Waals surface area contributed by atoms with Gasteiger partial charge in [-0.25, -0.2) is 8.42 Å². The second kappa shape index (κ2) is 59.6. The van der Waals surface area contributed by atoms with Crippen LogP contribution >= 0.6 is 12.6 Å². The van der Waals surface area contributed by atoms with Gasteiger partial charge >= 0.3 is 5.97 Å². The number of rotatable bonds is 34. The van der Waals surface area contributed by atoms with E-state index < -0.39 is 25.9 Å². The smallest absolute Gasteiger partial charge is 0.303 e. The summed E-state index contributed by atoms with van der Waals surface area (Å²) in [5, 5.41) is 25.6. The fraction of sp³-hybridized carbons (Fsp3) is 0.461. The zero-order valence-electron chi connectivity index (χ0n) is 74.0. The average Bonchev–Trinajstić information content (AvgIpc) is 0.836. The minimum atomic E-state index is -4.06. The molecular weight excluding hydrogens is 1490 g/mol. The highest BCUT2D eigenvalue weighted by molar-refractivity contribution is 7.90. The van der Waals surface area contributed by atoms with E-state index in [2.05, 4.69) is 216 Å².